The Labute approximate surface area is 114 Å². The van der Waals surface area contributed by atoms with E-state index in [1.165, 1.54) is 0 Å². The molecule has 0 aliphatic heterocycles. The molecule has 0 saturated carbocycles. The van der Waals surface area contributed by atoms with Crippen molar-refractivity contribution < 1.29 is 14.3 Å². The second-order valence-electron chi connectivity index (χ2n) is 4.03. The summed E-state index contributed by atoms with van der Waals surface area (Å²) in [4.78, 5) is 11.5. The average Bonchev–Trinajstić information content (AvgIpc) is 2.42. The van der Waals surface area contributed by atoms with E-state index >= 15 is 0 Å². The molecule has 5 heteroatoms. The minimum atomic E-state index is -0.0297. The lowest BCUT2D eigenvalue weighted by molar-refractivity contribution is -0.120. The van der Waals surface area contributed by atoms with Crippen LogP contribution in [0.2, 0.25) is 0 Å². The quantitative estimate of drug-likeness (QED) is 0.653. The molecule has 0 heterocycles. The third-order valence-corrected chi connectivity index (χ3v) is 2.47. The number of amides is 1. The van der Waals surface area contributed by atoms with Gasteiger partial charge in [0, 0.05) is 20.2 Å². The van der Waals surface area contributed by atoms with Gasteiger partial charge in [-0.05, 0) is 24.6 Å². The SMILES string of the molecule is CCOc1cccc(CNC(=O)CNCCOC)c1. The number of carbonyl (C=O) groups is 1. The van der Waals surface area contributed by atoms with Gasteiger partial charge in [0.2, 0.25) is 5.91 Å². The van der Waals surface area contributed by atoms with Crippen molar-refractivity contribution in [3.8, 4) is 5.75 Å². The molecule has 5 nitrogen and oxygen atoms in total. The summed E-state index contributed by atoms with van der Waals surface area (Å²) in [5, 5.41) is 5.84. The first-order valence-corrected chi connectivity index (χ1v) is 6.44. The van der Waals surface area contributed by atoms with Gasteiger partial charge in [-0.1, -0.05) is 12.1 Å². The molecule has 0 aliphatic rings. The number of ether oxygens (including phenoxy) is 2. The Kier molecular flexibility index (Phi) is 7.62. The van der Waals surface area contributed by atoms with Crippen LogP contribution in [0.5, 0.6) is 5.75 Å². The molecule has 0 unspecified atom stereocenters. The number of methoxy groups -OCH3 is 1. The number of rotatable bonds is 9. The van der Waals surface area contributed by atoms with Crippen molar-refractivity contribution in [1.29, 1.82) is 0 Å². The summed E-state index contributed by atoms with van der Waals surface area (Å²) < 4.78 is 10.3. The average molecular weight is 266 g/mol. The van der Waals surface area contributed by atoms with Crippen LogP contribution in [-0.4, -0.2) is 39.3 Å². The molecule has 0 aromatic heterocycles. The van der Waals surface area contributed by atoms with E-state index in [4.69, 9.17) is 9.47 Å². The maximum atomic E-state index is 11.5. The maximum Gasteiger partial charge on any atom is 0.234 e. The lowest BCUT2D eigenvalue weighted by Crippen LogP contribution is -2.34. The molecular formula is C14H22N2O3. The van der Waals surface area contributed by atoms with E-state index in [0.717, 1.165) is 11.3 Å². The summed E-state index contributed by atoms with van der Waals surface area (Å²) in [6.45, 7) is 4.66. The largest absolute Gasteiger partial charge is 0.494 e. The highest BCUT2D eigenvalue weighted by atomic mass is 16.5. The van der Waals surface area contributed by atoms with Gasteiger partial charge in [-0.3, -0.25) is 4.79 Å². The summed E-state index contributed by atoms with van der Waals surface area (Å²) in [7, 11) is 1.63. The monoisotopic (exact) mass is 266 g/mol. The fraction of sp³-hybridized carbons (Fsp3) is 0.500. The summed E-state index contributed by atoms with van der Waals surface area (Å²) in [5.41, 5.74) is 1.02. The van der Waals surface area contributed by atoms with Gasteiger partial charge in [-0.25, -0.2) is 0 Å². The van der Waals surface area contributed by atoms with Crippen LogP contribution in [0.1, 0.15) is 12.5 Å². The van der Waals surface area contributed by atoms with Crippen molar-refractivity contribution in [3.63, 3.8) is 0 Å². The van der Waals surface area contributed by atoms with Gasteiger partial charge < -0.3 is 20.1 Å². The molecule has 1 rings (SSSR count). The van der Waals surface area contributed by atoms with Gasteiger partial charge in [0.25, 0.3) is 0 Å². The first-order valence-electron chi connectivity index (χ1n) is 6.44. The third-order valence-electron chi connectivity index (χ3n) is 2.47. The van der Waals surface area contributed by atoms with Crippen LogP contribution in [0.25, 0.3) is 0 Å². The van der Waals surface area contributed by atoms with Crippen LogP contribution in [-0.2, 0) is 16.1 Å². The minimum absolute atomic E-state index is 0.0297. The lowest BCUT2D eigenvalue weighted by Gasteiger charge is -2.08. The summed E-state index contributed by atoms with van der Waals surface area (Å²) in [6, 6.07) is 7.72. The number of benzene rings is 1. The van der Waals surface area contributed by atoms with Gasteiger partial charge in [-0.2, -0.15) is 0 Å². The van der Waals surface area contributed by atoms with Crippen molar-refractivity contribution in [1.82, 2.24) is 10.6 Å². The van der Waals surface area contributed by atoms with Gasteiger partial charge in [0.05, 0.1) is 19.8 Å². The molecule has 0 aliphatic carbocycles. The number of carbonyl (C=O) groups excluding carboxylic acids is 1. The zero-order chi connectivity index (χ0) is 13.9. The van der Waals surface area contributed by atoms with E-state index < -0.39 is 0 Å². The zero-order valence-corrected chi connectivity index (χ0v) is 11.6. The minimum Gasteiger partial charge on any atom is -0.494 e. The normalized spacial score (nSPS) is 10.2. The molecule has 19 heavy (non-hydrogen) atoms. The van der Waals surface area contributed by atoms with Crippen LogP contribution in [0.15, 0.2) is 24.3 Å². The standard InChI is InChI=1S/C14H22N2O3/c1-3-19-13-6-4-5-12(9-13)10-16-14(17)11-15-7-8-18-2/h4-6,9,15H,3,7-8,10-11H2,1-2H3,(H,16,17). The Morgan fingerprint density at radius 3 is 2.95 bits per heavy atom. The summed E-state index contributed by atoms with van der Waals surface area (Å²) in [5.74, 6) is 0.797. The van der Waals surface area contributed by atoms with Gasteiger partial charge in [-0.15, -0.1) is 0 Å². The Morgan fingerprint density at radius 2 is 2.21 bits per heavy atom. The Hall–Kier alpha value is -1.59. The first-order chi connectivity index (χ1) is 9.26. The van der Waals surface area contributed by atoms with Crippen LogP contribution in [0, 0.1) is 0 Å². The van der Waals surface area contributed by atoms with Crippen molar-refractivity contribution in [2.24, 2.45) is 0 Å². The van der Waals surface area contributed by atoms with Crippen LogP contribution >= 0.6 is 0 Å². The van der Waals surface area contributed by atoms with E-state index in [1.54, 1.807) is 7.11 Å². The second-order valence-corrected chi connectivity index (χ2v) is 4.03. The predicted molar refractivity (Wildman–Crippen MR) is 74.2 cm³/mol. The van der Waals surface area contributed by atoms with Crippen LogP contribution in [0.3, 0.4) is 0 Å². The third kappa shape index (κ3) is 6.79. The highest BCUT2D eigenvalue weighted by Crippen LogP contribution is 2.12. The number of hydrogen-bond donors (Lipinski definition) is 2. The van der Waals surface area contributed by atoms with Crippen molar-refractivity contribution in [3.05, 3.63) is 29.8 Å². The van der Waals surface area contributed by atoms with E-state index in [0.29, 0.717) is 32.8 Å². The predicted octanol–water partition coefficient (Wildman–Crippen LogP) is 0.937. The molecule has 0 radical (unpaired) electrons. The van der Waals surface area contributed by atoms with E-state index in [1.807, 2.05) is 31.2 Å². The highest BCUT2D eigenvalue weighted by molar-refractivity contribution is 5.77. The highest BCUT2D eigenvalue weighted by Gasteiger charge is 2.01. The van der Waals surface area contributed by atoms with Crippen molar-refractivity contribution in [2.75, 3.05) is 33.4 Å². The summed E-state index contributed by atoms with van der Waals surface area (Å²) >= 11 is 0. The zero-order valence-electron chi connectivity index (χ0n) is 11.6. The van der Waals surface area contributed by atoms with E-state index in [9.17, 15) is 4.79 Å². The Bertz CT molecular complexity index is 383. The summed E-state index contributed by atoms with van der Waals surface area (Å²) in [6.07, 6.45) is 0. The van der Waals surface area contributed by atoms with E-state index in [-0.39, 0.29) is 5.91 Å². The number of nitrogens with one attached hydrogen (secondary N) is 2. The van der Waals surface area contributed by atoms with E-state index in [2.05, 4.69) is 10.6 Å². The molecule has 1 aromatic carbocycles. The molecule has 0 saturated heterocycles. The van der Waals surface area contributed by atoms with Gasteiger partial charge >= 0.3 is 0 Å². The molecule has 0 fully saturated rings. The molecule has 0 bridgehead atoms. The van der Waals surface area contributed by atoms with Gasteiger partial charge in [0.15, 0.2) is 0 Å². The molecule has 106 valence electrons. The molecule has 1 aromatic rings. The fourth-order valence-corrected chi connectivity index (χ4v) is 1.55. The topological polar surface area (TPSA) is 59.6 Å². The maximum absolute atomic E-state index is 11.5. The first kappa shape index (κ1) is 15.5. The Morgan fingerprint density at radius 1 is 1.37 bits per heavy atom. The second kappa shape index (κ2) is 9.35. The molecule has 0 spiro atoms. The number of hydrogen-bond acceptors (Lipinski definition) is 4. The van der Waals surface area contributed by atoms with Crippen molar-refractivity contribution >= 4 is 5.91 Å². The van der Waals surface area contributed by atoms with Crippen LogP contribution in [0.4, 0.5) is 0 Å². The Balaban J connectivity index is 2.27. The molecular weight excluding hydrogens is 244 g/mol. The lowest BCUT2D eigenvalue weighted by atomic mass is 10.2. The van der Waals surface area contributed by atoms with Crippen LogP contribution < -0.4 is 15.4 Å². The van der Waals surface area contributed by atoms with Gasteiger partial charge in [0.1, 0.15) is 5.75 Å². The fourth-order valence-electron chi connectivity index (χ4n) is 1.55. The molecule has 0 atom stereocenters. The molecule has 1 amide bonds. The molecule has 2 N–H and O–H groups in total. The smallest absolute Gasteiger partial charge is 0.234 e. The van der Waals surface area contributed by atoms with Crippen molar-refractivity contribution in [2.45, 2.75) is 13.5 Å².